The van der Waals surface area contributed by atoms with Crippen LogP contribution in [0, 0.1) is 11.3 Å². The highest BCUT2D eigenvalue weighted by Gasteiger charge is 2.66. The van der Waals surface area contributed by atoms with E-state index in [1.165, 1.54) is 71.0 Å². The molecule has 2 aliphatic heterocycles. The van der Waals surface area contributed by atoms with Crippen LogP contribution in [-0.4, -0.2) is 61.8 Å². The number of hydrogen-bond donors (Lipinski definition) is 2. The van der Waals surface area contributed by atoms with Crippen LogP contribution in [0.25, 0.3) is 0 Å². The van der Waals surface area contributed by atoms with Crippen molar-refractivity contribution in [2.75, 3.05) is 32.8 Å². The van der Waals surface area contributed by atoms with Crippen LogP contribution in [0.5, 0.6) is 0 Å². The number of fused-ring (bicyclic) bond motifs is 2. The van der Waals surface area contributed by atoms with Gasteiger partial charge in [-0.3, -0.25) is 4.99 Å². The van der Waals surface area contributed by atoms with E-state index in [1.807, 2.05) is 0 Å². The second-order valence-electron chi connectivity index (χ2n) is 8.89. The molecule has 2 N–H and O–H groups in total. The van der Waals surface area contributed by atoms with Gasteiger partial charge in [0, 0.05) is 49.7 Å². The topological polar surface area (TPSA) is 48.9 Å². The van der Waals surface area contributed by atoms with Gasteiger partial charge in [0.15, 0.2) is 5.96 Å². The maximum atomic E-state index is 6.07. The lowest BCUT2D eigenvalue weighted by atomic mass is 9.46. The average molecular weight is 490 g/mol. The van der Waals surface area contributed by atoms with E-state index in [-0.39, 0.29) is 24.0 Å². The molecular formula is C21H39IN4O. The maximum absolute atomic E-state index is 6.07. The fraction of sp³-hybridized carbons (Fsp3) is 0.952. The number of nitrogens with zero attached hydrogens (tertiary/aromatic N) is 2. The quantitative estimate of drug-likeness (QED) is 0.341. The van der Waals surface area contributed by atoms with Crippen LogP contribution in [-0.2, 0) is 4.74 Å². The highest BCUT2D eigenvalue weighted by molar-refractivity contribution is 14.0. The van der Waals surface area contributed by atoms with Gasteiger partial charge in [-0.05, 0) is 52.0 Å². The predicted octanol–water partition coefficient (Wildman–Crippen LogP) is 3.38. The molecule has 4 aliphatic rings. The summed E-state index contributed by atoms with van der Waals surface area (Å²) < 4.78 is 6.07. The zero-order valence-corrected chi connectivity index (χ0v) is 19.5. The molecule has 4 fully saturated rings. The van der Waals surface area contributed by atoms with Crippen molar-refractivity contribution in [2.45, 2.75) is 83.4 Å². The van der Waals surface area contributed by atoms with E-state index in [0.717, 1.165) is 19.1 Å². The van der Waals surface area contributed by atoms with Crippen LogP contribution in [0.15, 0.2) is 4.99 Å². The van der Waals surface area contributed by atoms with Crippen LogP contribution < -0.4 is 10.6 Å². The van der Waals surface area contributed by atoms with E-state index in [1.54, 1.807) is 0 Å². The van der Waals surface area contributed by atoms with Crippen LogP contribution in [0.4, 0.5) is 0 Å². The van der Waals surface area contributed by atoms with Gasteiger partial charge >= 0.3 is 0 Å². The Bertz CT molecular complexity index is 502. The van der Waals surface area contributed by atoms with Crippen LogP contribution in [0.1, 0.15) is 65.2 Å². The molecule has 156 valence electrons. The lowest BCUT2D eigenvalue weighted by Gasteiger charge is -2.63. The third kappa shape index (κ3) is 4.27. The Morgan fingerprint density at radius 1 is 1.15 bits per heavy atom. The molecule has 5 nitrogen and oxygen atoms in total. The predicted molar refractivity (Wildman–Crippen MR) is 122 cm³/mol. The molecule has 6 heteroatoms. The van der Waals surface area contributed by atoms with Crippen molar-refractivity contribution in [1.82, 2.24) is 15.5 Å². The number of piperidine rings is 1. The molecule has 2 aliphatic carbocycles. The number of nitrogens with one attached hydrogen (secondary N) is 2. The van der Waals surface area contributed by atoms with Crippen LogP contribution >= 0.6 is 24.0 Å². The van der Waals surface area contributed by atoms with Gasteiger partial charge in [0.05, 0.1) is 6.10 Å². The largest absolute Gasteiger partial charge is 0.377 e. The molecule has 0 bridgehead atoms. The summed E-state index contributed by atoms with van der Waals surface area (Å²) in [5.41, 5.74) is 0.418. The molecule has 0 aromatic rings. The molecule has 3 unspecified atom stereocenters. The summed E-state index contributed by atoms with van der Waals surface area (Å²) >= 11 is 0. The third-order valence-electron chi connectivity index (χ3n) is 7.40. The standard InChI is InChI=1S/C21H38N4O.HI/c1-3-5-12-25-13-7-16(8-14-25)23-20(22-4-2)24-18-17-9-15-26-19(17)21(18)10-6-11-21;/h16-19H,3-15H2,1-2H3,(H2,22,23,24);1H. The lowest BCUT2D eigenvalue weighted by Crippen LogP contribution is -2.72. The van der Waals surface area contributed by atoms with E-state index in [2.05, 4.69) is 29.4 Å². The fourth-order valence-corrected chi connectivity index (χ4v) is 5.77. The van der Waals surface area contributed by atoms with Crippen molar-refractivity contribution in [1.29, 1.82) is 0 Å². The normalized spacial score (nSPS) is 33.0. The van der Waals surface area contributed by atoms with E-state index in [9.17, 15) is 0 Å². The average Bonchev–Trinajstić information content (AvgIpc) is 3.03. The van der Waals surface area contributed by atoms with Gasteiger partial charge in [0.1, 0.15) is 0 Å². The van der Waals surface area contributed by atoms with Crippen molar-refractivity contribution in [3.8, 4) is 0 Å². The summed E-state index contributed by atoms with van der Waals surface area (Å²) in [6.45, 7) is 9.94. The van der Waals surface area contributed by atoms with Crippen molar-refractivity contribution in [3.63, 3.8) is 0 Å². The molecule has 3 atom stereocenters. The maximum Gasteiger partial charge on any atom is 0.191 e. The number of likely N-dealkylation sites (tertiary alicyclic amines) is 1. The van der Waals surface area contributed by atoms with Crippen molar-refractivity contribution < 1.29 is 4.74 Å². The number of guanidine groups is 1. The Hall–Kier alpha value is -0.0800. The molecule has 4 rings (SSSR count). The molecule has 2 heterocycles. The van der Waals surface area contributed by atoms with Crippen molar-refractivity contribution in [3.05, 3.63) is 0 Å². The molecule has 2 saturated heterocycles. The minimum Gasteiger partial charge on any atom is -0.377 e. The molecule has 2 saturated carbocycles. The Kier molecular flexibility index (Phi) is 7.70. The number of unbranched alkanes of at least 4 members (excludes halogenated alkanes) is 1. The minimum atomic E-state index is 0. The van der Waals surface area contributed by atoms with Gasteiger partial charge in [-0.1, -0.05) is 19.8 Å². The number of hydrogen-bond acceptors (Lipinski definition) is 3. The molecule has 27 heavy (non-hydrogen) atoms. The Balaban J connectivity index is 0.00000210. The summed E-state index contributed by atoms with van der Waals surface area (Å²) in [7, 11) is 0. The second-order valence-corrected chi connectivity index (χ2v) is 8.89. The van der Waals surface area contributed by atoms with Gasteiger partial charge in [-0.25, -0.2) is 0 Å². The first kappa shape index (κ1) is 21.6. The van der Waals surface area contributed by atoms with Gasteiger partial charge in [-0.15, -0.1) is 24.0 Å². The summed E-state index contributed by atoms with van der Waals surface area (Å²) in [5.74, 6) is 1.76. The number of halogens is 1. The smallest absolute Gasteiger partial charge is 0.191 e. The Labute approximate surface area is 182 Å². The van der Waals surface area contributed by atoms with E-state index in [4.69, 9.17) is 9.73 Å². The summed E-state index contributed by atoms with van der Waals surface area (Å²) in [4.78, 5) is 7.41. The van der Waals surface area contributed by atoms with Crippen molar-refractivity contribution >= 4 is 29.9 Å². The van der Waals surface area contributed by atoms with E-state index in [0.29, 0.717) is 29.5 Å². The first-order valence-electron chi connectivity index (χ1n) is 11.2. The van der Waals surface area contributed by atoms with Crippen molar-refractivity contribution in [2.24, 2.45) is 16.3 Å². The molecular weight excluding hydrogens is 451 g/mol. The van der Waals surface area contributed by atoms with Crippen LogP contribution in [0.2, 0.25) is 0 Å². The molecule has 0 aromatic heterocycles. The number of aliphatic imine (C=N–C) groups is 1. The summed E-state index contributed by atoms with van der Waals surface area (Å²) in [5, 5.41) is 7.63. The molecule has 1 spiro atoms. The summed E-state index contributed by atoms with van der Waals surface area (Å²) in [6, 6.07) is 1.14. The van der Waals surface area contributed by atoms with Gasteiger partial charge < -0.3 is 20.3 Å². The highest BCUT2D eigenvalue weighted by Crippen LogP contribution is 2.62. The van der Waals surface area contributed by atoms with Gasteiger partial charge in [0.2, 0.25) is 0 Å². The first-order valence-corrected chi connectivity index (χ1v) is 11.2. The van der Waals surface area contributed by atoms with E-state index >= 15 is 0 Å². The van der Waals surface area contributed by atoms with Gasteiger partial charge in [-0.2, -0.15) is 0 Å². The lowest BCUT2D eigenvalue weighted by molar-refractivity contribution is -0.171. The fourth-order valence-electron chi connectivity index (χ4n) is 5.77. The summed E-state index contributed by atoms with van der Waals surface area (Å²) in [6.07, 6.45) is 10.9. The minimum absolute atomic E-state index is 0. The first-order chi connectivity index (χ1) is 12.8. The Morgan fingerprint density at radius 3 is 2.56 bits per heavy atom. The molecule has 0 aromatic carbocycles. The van der Waals surface area contributed by atoms with Crippen LogP contribution in [0.3, 0.4) is 0 Å². The monoisotopic (exact) mass is 490 g/mol. The molecule has 0 amide bonds. The number of ether oxygens (including phenoxy) is 1. The Morgan fingerprint density at radius 2 is 1.93 bits per heavy atom. The molecule has 0 radical (unpaired) electrons. The second kappa shape index (κ2) is 9.61. The third-order valence-corrected chi connectivity index (χ3v) is 7.40. The van der Waals surface area contributed by atoms with Gasteiger partial charge in [0.25, 0.3) is 0 Å². The highest BCUT2D eigenvalue weighted by atomic mass is 127. The SMILES string of the molecule is CCCCN1CCC(NC(=NCC)NC2C3CCOC3C23CCC3)CC1.I. The van der Waals surface area contributed by atoms with E-state index < -0.39 is 0 Å². The zero-order chi connectivity index (χ0) is 18.0. The number of rotatable bonds is 6. The zero-order valence-electron chi connectivity index (χ0n) is 17.2.